The van der Waals surface area contributed by atoms with Crippen LogP contribution in [0.5, 0.6) is 5.75 Å². The Hall–Kier alpha value is -3.32. The van der Waals surface area contributed by atoms with Gasteiger partial charge < -0.3 is 37.6 Å². The number of phenols is 1. The van der Waals surface area contributed by atoms with Crippen LogP contribution in [-0.4, -0.2) is 76.0 Å². The molecule has 13 heteroatoms. The number of carbonyl (C=O) groups excluding carboxylic acids is 4. The SMILES string of the molecule is CSCCC(NC(=O)C(NC(=O)C(N)Cc1ccc(O)cc1)C(C)C)C(=O)NC(CC(N)=O)C(=O)O. The second-order valence-electron chi connectivity index (χ2n) is 8.62. The summed E-state index contributed by atoms with van der Waals surface area (Å²) in [6, 6.07) is 1.58. The summed E-state index contributed by atoms with van der Waals surface area (Å²) >= 11 is 1.42. The molecule has 36 heavy (non-hydrogen) atoms. The van der Waals surface area contributed by atoms with Gasteiger partial charge in [0.15, 0.2) is 0 Å². The molecule has 0 saturated heterocycles. The van der Waals surface area contributed by atoms with E-state index in [0.717, 1.165) is 5.56 Å². The van der Waals surface area contributed by atoms with Crippen LogP contribution in [-0.2, 0) is 30.4 Å². The van der Waals surface area contributed by atoms with Crippen LogP contribution >= 0.6 is 11.8 Å². The average molecular weight is 526 g/mol. The van der Waals surface area contributed by atoms with E-state index in [4.69, 9.17) is 11.5 Å². The first-order valence-corrected chi connectivity index (χ1v) is 12.7. The van der Waals surface area contributed by atoms with Crippen LogP contribution < -0.4 is 27.4 Å². The fraction of sp³-hybridized carbons (Fsp3) is 0.522. The smallest absolute Gasteiger partial charge is 0.326 e. The quantitative estimate of drug-likeness (QED) is 0.151. The first kappa shape index (κ1) is 30.7. The zero-order valence-corrected chi connectivity index (χ0v) is 21.3. The van der Waals surface area contributed by atoms with E-state index in [0.29, 0.717) is 5.75 Å². The van der Waals surface area contributed by atoms with Crippen molar-refractivity contribution < 1.29 is 34.2 Å². The normalized spacial score (nSPS) is 14.2. The molecule has 0 fully saturated rings. The van der Waals surface area contributed by atoms with E-state index in [1.54, 1.807) is 32.2 Å². The highest BCUT2D eigenvalue weighted by molar-refractivity contribution is 7.98. The highest BCUT2D eigenvalue weighted by Gasteiger charge is 2.32. The topological polar surface area (TPSA) is 214 Å². The molecule has 0 aliphatic rings. The Labute approximate surface area is 213 Å². The minimum Gasteiger partial charge on any atom is -0.508 e. The van der Waals surface area contributed by atoms with Crippen LogP contribution in [0.25, 0.3) is 0 Å². The molecule has 0 radical (unpaired) electrons. The van der Waals surface area contributed by atoms with E-state index >= 15 is 0 Å². The number of carboxylic acid groups (broad SMARTS) is 1. The fourth-order valence-corrected chi connectivity index (χ4v) is 3.68. The maximum atomic E-state index is 13.0. The van der Waals surface area contributed by atoms with Crippen molar-refractivity contribution in [2.24, 2.45) is 17.4 Å². The van der Waals surface area contributed by atoms with Crippen LogP contribution in [0.4, 0.5) is 0 Å². The molecule has 1 aromatic carbocycles. The number of benzene rings is 1. The monoisotopic (exact) mass is 525 g/mol. The van der Waals surface area contributed by atoms with Crippen molar-refractivity contribution in [3.05, 3.63) is 29.8 Å². The number of aliphatic carboxylic acids is 1. The van der Waals surface area contributed by atoms with Crippen molar-refractivity contribution in [1.82, 2.24) is 16.0 Å². The molecule has 1 rings (SSSR count). The van der Waals surface area contributed by atoms with Gasteiger partial charge in [0.25, 0.3) is 0 Å². The van der Waals surface area contributed by atoms with Crippen LogP contribution in [0.3, 0.4) is 0 Å². The van der Waals surface area contributed by atoms with Gasteiger partial charge >= 0.3 is 5.97 Å². The van der Waals surface area contributed by atoms with Crippen molar-refractivity contribution in [3.8, 4) is 5.75 Å². The summed E-state index contributed by atoms with van der Waals surface area (Å²) in [6.45, 7) is 3.42. The number of rotatable bonds is 15. The molecular weight excluding hydrogens is 490 g/mol. The summed E-state index contributed by atoms with van der Waals surface area (Å²) in [7, 11) is 0. The number of primary amides is 1. The number of nitrogens with two attached hydrogens (primary N) is 2. The van der Waals surface area contributed by atoms with Crippen molar-refractivity contribution in [2.75, 3.05) is 12.0 Å². The van der Waals surface area contributed by atoms with Gasteiger partial charge in [0.1, 0.15) is 23.9 Å². The molecule has 0 heterocycles. The average Bonchev–Trinajstić information content (AvgIpc) is 2.80. The van der Waals surface area contributed by atoms with E-state index in [-0.39, 0.29) is 24.5 Å². The van der Waals surface area contributed by atoms with Crippen LogP contribution in [0.2, 0.25) is 0 Å². The van der Waals surface area contributed by atoms with Gasteiger partial charge in [-0.25, -0.2) is 4.79 Å². The first-order valence-electron chi connectivity index (χ1n) is 11.3. The number of thioether (sulfide) groups is 1. The largest absolute Gasteiger partial charge is 0.508 e. The zero-order chi connectivity index (χ0) is 27.4. The first-order chi connectivity index (χ1) is 16.8. The lowest BCUT2D eigenvalue weighted by Gasteiger charge is -2.27. The Morgan fingerprint density at radius 3 is 2.03 bits per heavy atom. The molecule has 9 N–H and O–H groups in total. The third-order valence-corrected chi connectivity index (χ3v) is 5.88. The summed E-state index contributed by atoms with van der Waals surface area (Å²) in [5.74, 6) is -4.15. The predicted molar refractivity (Wildman–Crippen MR) is 135 cm³/mol. The lowest BCUT2D eigenvalue weighted by atomic mass is 10.0. The lowest BCUT2D eigenvalue weighted by Crippen LogP contribution is -2.58. The molecule has 0 aliphatic carbocycles. The van der Waals surface area contributed by atoms with Crippen molar-refractivity contribution in [3.63, 3.8) is 0 Å². The van der Waals surface area contributed by atoms with Gasteiger partial charge in [-0.1, -0.05) is 26.0 Å². The van der Waals surface area contributed by atoms with Crippen LogP contribution in [0, 0.1) is 5.92 Å². The molecule has 0 aliphatic heterocycles. The van der Waals surface area contributed by atoms with Gasteiger partial charge in [-0.05, 0) is 48.5 Å². The number of carbonyl (C=O) groups is 5. The Bertz CT molecular complexity index is 926. The van der Waals surface area contributed by atoms with E-state index in [9.17, 15) is 34.2 Å². The molecule has 4 atom stereocenters. The number of phenolic OH excluding ortho intramolecular Hbond substituents is 1. The summed E-state index contributed by atoms with van der Waals surface area (Å²) in [4.78, 5) is 61.0. The molecule has 0 spiro atoms. The predicted octanol–water partition coefficient (Wildman–Crippen LogP) is -0.914. The molecule has 0 saturated carbocycles. The second-order valence-corrected chi connectivity index (χ2v) is 9.61. The van der Waals surface area contributed by atoms with Gasteiger partial charge in [0.05, 0.1) is 12.5 Å². The summed E-state index contributed by atoms with van der Waals surface area (Å²) < 4.78 is 0. The highest BCUT2D eigenvalue weighted by Crippen LogP contribution is 2.12. The Morgan fingerprint density at radius 2 is 1.53 bits per heavy atom. The lowest BCUT2D eigenvalue weighted by molar-refractivity contribution is -0.143. The number of hydrogen-bond donors (Lipinski definition) is 7. The summed E-state index contributed by atoms with van der Waals surface area (Å²) in [5.41, 5.74) is 11.8. The highest BCUT2D eigenvalue weighted by atomic mass is 32.2. The zero-order valence-electron chi connectivity index (χ0n) is 20.5. The minimum absolute atomic E-state index is 0.0812. The Balaban J connectivity index is 2.91. The molecule has 4 unspecified atom stereocenters. The maximum absolute atomic E-state index is 13.0. The standard InChI is InChI=1S/C23H35N5O7S/c1-12(2)19(28-20(31)15(24)10-13-4-6-14(29)7-5-13)22(33)26-16(8-9-36-3)21(32)27-17(23(34)35)11-18(25)30/h4-7,12,15-17,19,29H,8-11,24H2,1-3H3,(H2,25,30)(H,26,33)(H,27,32)(H,28,31)(H,34,35). The van der Waals surface area contributed by atoms with E-state index in [1.165, 1.54) is 23.9 Å². The number of carboxylic acids is 1. The number of nitrogens with one attached hydrogen (secondary N) is 3. The van der Waals surface area contributed by atoms with Gasteiger partial charge in [-0.2, -0.15) is 11.8 Å². The van der Waals surface area contributed by atoms with E-state index < -0.39 is 60.2 Å². The van der Waals surface area contributed by atoms with E-state index in [1.807, 2.05) is 0 Å². The van der Waals surface area contributed by atoms with Crippen molar-refractivity contribution in [2.45, 2.75) is 57.3 Å². The van der Waals surface area contributed by atoms with Gasteiger partial charge in [-0.15, -0.1) is 0 Å². The molecule has 4 amide bonds. The number of aromatic hydroxyl groups is 1. The van der Waals surface area contributed by atoms with Gasteiger partial charge in [0.2, 0.25) is 23.6 Å². The van der Waals surface area contributed by atoms with Gasteiger partial charge in [-0.3, -0.25) is 19.2 Å². The summed E-state index contributed by atoms with van der Waals surface area (Å²) in [5, 5.41) is 26.1. The van der Waals surface area contributed by atoms with Crippen LogP contribution in [0.1, 0.15) is 32.3 Å². The third-order valence-electron chi connectivity index (χ3n) is 5.24. The fourth-order valence-electron chi connectivity index (χ4n) is 3.21. The Kier molecular flexibility index (Phi) is 12.7. The Morgan fingerprint density at radius 1 is 0.944 bits per heavy atom. The molecule has 1 aromatic rings. The van der Waals surface area contributed by atoms with Gasteiger partial charge in [0, 0.05) is 0 Å². The molecule has 0 aromatic heterocycles. The minimum atomic E-state index is -1.54. The second kappa shape index (κ2) is 14.9. The molecule has 200 valence electrons. The number of amides is 4. The maximum Gasteiger partial charge on any atom is 0.326 e. The molecular formula is C23H35N5O7S. The van der Waals surface area contributed by atoms with Crippen LogP contribution in [0.15, 0.2) is 24.3 Å². The van der Waals surface area contributed by atoms with Crippen molar-refractivity contribution >= 4 is 41.4 Å². The third kappa shape index (κ3) is 10.5. The van der Waals surface area contributed by atoms with E-state index in [2.05, 4.69) is 16.0 Å². The molecule has 0 bridgehead atoms. The molecule has 12 nitrogen and oxygen atoms in total. The number of hydrogen-bond acceptors (Lipinski definition) is 8. The summed E-state index contributed by atoms with van der Waals surface area (Å²) in [6.07, 6.45) is 1.55. The van der Waals surface area contributed by atoms with Crippen molar-refractivity contribution in [1.29, 1.82) is 0 Å².